The molecule has 1 atom stereocenters. The molecule has 0 spiro atoms. The third-order valence-electron chi connectivity index (χ3n) is 4.29. The van der Waals surface area contributed by atoms with Gasteiger partial charge in [0.15, 0.2) is 5.03 Å². The first-order valence-electron chi connectivity index (χ1n) is 7.89. The molecule has 0 aliphatic heterocycles. The quantitative estimate of drug-likeness (QED) is 0.386. The Kier molecular flexibility index (Phi) is 7.84. The highest BCUT2D eigenvalue weighted by atomic mass is 127. The zero-order chi connectivity index (χ0) is 15.9. The number of unbranched alkanes of at least 4 members (excludes halogenated alkanes) is 3. The number of aromatic amines is 1. The first kappa shape index (κ1) is 18.6. The van der Waals surface area contributed by atoms with E-state index >= 15 is 0 Å². The summed E-state index contributed by atoms with van der Waals surface area (Å²) >= 11 is 2.25. The predicted octanol–water partition coefficient (Wildman–Crippen LogP) is 1.40. The maximum absolute atomic E-state index is 12.2. The second-order valence-corrected chi connectivity index (χ2v) is 6.96. The van der Waals surface area contributed by atoms with Crippen LogP contribution in [0.1, 0.15) is 59.3 Å². The maximum atomic E-state index is 12.2. The van der Waals surface area contributed by atoms with Crippen molar-refractivity contribution in [2.45, 2.75) is 64.8 Å². The number of rotatable bonds is 9. The van der Waals surface area contributed by atoms with Gasteiger partial charge in [-0.25, -0.2) is 4.79 Å². The number of H-pyrrole nitrogens is 1. The molecular formula is C14H25B2IN2O2. The molecule has 1 aromatic heterocycles. The molecular weight excluding hydrogens is 377 g/mol. The van der Waals surface area contributed by atoms with Crippen molar-refractivity contribution in [3.63, 3.8) is 0 Å². The lowest BCUT2D eigenvalue weighted by Crippen LogP contribution is -2.48. The van der Waals surface area contributed by atoms with Crippen LogP contribution in [0.4, 0.5) is 0 Å². The van der Waals surface area contributed by atoms with Gasteiger partial charge in [-0.15, -0.1) is 0 Å². The molecule has 116 valence electrons. The fourth-order valence-corrected chi connectivity index (χ4v) is 3.17. The van der Waals surface area contributed by atoms with Gasteiger partial charge in [0.1, 0.15) is 7.17 Å². The summed E-state index contributed by atoms with van der Waals surface area (Å²) in [6, 6.07) is 0. The van der Waals surface area contributed by atoms with E-state index < -0.39 is 0 Å². The molecule has 0 bridgehead atoms. The number of nitrogens with zero attached hydrogens (tertiary/aromatic N) is 1. The number of nitrogens with one attached hydrogen (secondary N) is 1. The summed E-state index contributed by atoms with van der Waals surface area (Å²) in [5.74, 6) is 0. The number of hydrogen-bond donors (Lipinski definition) is 1. The van der Waals surface area contributed by atoms with E-state index in [0.717, 1.165) is 24.3 Å². The Balaban J connectivity index is 3.05. The summed E-state index contributed by atoms with van der Waals surface area (Å²) in [7, 11) is 0.700. The molecule has 1 N–H and O–H groups in total. The summed E-state index contributed by atoms with van der Waals surface area (Å²) in [5, 5.41) is 0.873. The highest BCUT2D eigenvalue weighted by molar-refractivity contribution is 14.1. The van der Waals surface area contributed by atoms with Crippen molar-refractivity contribution in [3.05, 3.63) is 27.0 Å². The van der Waals surface area contributed by atoms with Crippen LogP contribution in [-0.4, -0.2) is 21.7 Å². The van der Waals surface area contributed by atoms with Crippen molar-refractivity contribution in [2.24, 2.45) is 0 Å². The van der Waals surface area contributed by atoms with Crippen molar-refractivity contribution < 1.29 is 0 Å². The largest absolute Gasteiger partial charge is 0.328 e. The van der Waals surface area contributed by atoms with Gasteiger partial charge >= 0.3 is 5.69 Å². The van der Waals surface area contributed by atoms with Crippen LogP contribution in [0.15, 0.2) is 15.8 Å². The highest BCUT2D eigenvalue weighted by Crippen LogP contribution is 2.25. The predicted molar refractivity (Wildman–Crippen MR) is 102 cm³/mol. The van der Waals surface area contributed by atoms with Crippen LogP contribution in [0.3, 0.4) is 0 Å². The monoisotopic (exact) mass is 402 g/mol. The fraction of sp³-hybridized carbons (Fsp3) is 0.714. The van der Waals surface area contributed by atoms with Crippen LogP contribution in [0, 0.1) is 0 Å². The summed E-state index contributed by atoms with van der Waals surface area (Å²) < 4.78 is 1.75. The molecule has 7 heteroatoms. The molecule has 1 aromatic rings. The molecule has 0 saturated carbocycles. The van der Waals surface area contributed by atoms with Crippen molar-refractivity contribution in [3.8, 4) is 0 Å². The lowest BCUT2D eigenvalue weighted by molar-refractivity contribution is 0.260. The minimum atomic E-state index is -0.281. The van der Waals surface area contributed by atoms with Crippen molar-refractivity contribution in [1.29, 1.82) is 0 Å². The SMILES string of the molecule is CCCCCCC(C)(CC)n1cc(BBI)c(=O)[nH]c1=O. The van der Waals surface area contributed by atoms with Gasteiger partial charge in [0.05, 0.1) is 0 Å². The van der Waals surface area contributed by atoms with E-state index in [-0.39, 0.29) is 16.8 Å². The first-order chi connectivity index (χ1) is 9.98. The van der Waals surface area contributed by atoms with E-state index in [2.05, 4.69) is 48.1 Å². The van der Waals surface area contributed by atoms with E-state index in [4.69, 9.17) is 0 Å². The van der Waals surface area contributed by atoms with E-state index in [1.165, 1.54) is 19.3 Å². The number of halogens is 1. The molecule has 1 heterocycles. The van der Waals surface area contributed by atoms with Gasteiger partial charge in [0, 0.05) is 11.7 Å². The molecule has 1 rings (SSSR count). The number of hydrogen-bond acceptors (Lipinski definition) is 2. The molecule has 0 saturated heterocycles. The molecule has 0 aliphatic carbocycles. The van der Waals surface area contributed by atoms with E-state index in [9.17, 15) is 9.59 Å². The van der Waals surface area contributed by atoms with Crippen molar-refractivity contribution >= 4 is 40.0 Å². The number of aromatic nitrogens is 2. The van der Waals surface area contributed by atoms with Gasteiger partial charge in [-0.2, -0.15) is 22.4 Å². The normalized spacial score (nSPS) is 13.7. The van der Waals surface area contributed by atoms with Crippen LogP contribution in [0.5, 0.6) is 0 Å². The van der Waals surface area contributed by atoms with Gasteiger partial charge in [0.25, 0.3) is 0 Å². The van der Waals surface area contributed by atoms with Crippen molar-refractivity contribution in [1.82, 2.24) is 9.55 Å². The minimum Gasteiger partial charge on any atom is -0.295 e. The molecule has 21 heavy (non-hydrogen) atoms. The van der Waals surface area contributed by atoms with Crippen LogP contribution in [0.2, 0.25) is 0 Å². The van der Waals surface area contributed by atoms with Crippen LogP contribution in [-0.2, 0) is 5.54 Å². The molecule has 0 radical (unpaired) electrons. The Morgan fingerprint density at radius 2 is 2.00 bits per heavy atom. The standard InChI is InChI=1S/C14H25B2IN2O2/c1-4-6-7-8-9-14(3,5-2)19-10-11(15-16-17)12(20)18-13(19)21/h10,15-16H,4-9H2,1-3H3,(H,18,20,21). The zero-order valence-corrected chi connectivity index (χ0v) is 15.5. The van der Waals surface area contributed by atoms with Gasteiger partial charge in [-0.05, 0) is 25.2 Å². The van der Waals surface area contributed by atoms with Gasteiger partial charge < -0.3 is 0 Å². The molecule has 0 aromatic carbocycles. The average molecular weight is 402 g/mol. The second kappa shape index (κ2) is 8.86. The van der Waals surface area contributed by atoms with Gasteiger partial charge in [-0.3, -0.25) is 14.3 Å². The smallest absolute Gasteiger partial charge is 0.295 e. The summed E-state index contributed by atoms with van der Waals surface area (Å²) in [6.07, 6.45) is 8.40. The Morgan fingerprint density at radius 1 is 1.29 bits per heavy atom. The summed E-state index contributed by atoms with van der Waals surface area (Å²) in [5.41, 5.74) is -0.0265. The molecule has 0 aliphatic rings. The second-order valence-electron chi connectivity index (χ2n) is 5.88. The Labute approximate surface area is 141 Å². The van der Waals surface area contributed by atoms with Crippen molar-refractivity contribution in [2.75, 3.05) is 0 Å². The zero-order valence-electron chi connectivity index (χ0n) is 13.4. The molecule has 4 nitrogen and oxygen atoms in total. The topological polar surface area (TPSA) is 54.9 Å². The van der Waals surface area contributed by atoms with Crippen LogP contribution >= 0.6 is 22.4 Å². The average Bonchev–Trinajstić information content (AvgIpc) is 2.46. The third kappa shape index (κ3) is 5.04. The molecule has 0 fully saturated rings. The van der Waals surface area contributed by atoms with Crippen LogP contribution in [0.25, 0.3) is 0 Å². The maximum Gasteiger partial charge on any atom is 0.328 e. The lowest BCUT2D eigenvalue weighted by Gasteiger charge is -2.31. The van der Waals surface area contributed by atoms with E-state index in [0.29, 0.717) is 12.6 Å². The van der Waals surface area contributed by atoms with Crippen LogP contribution < -0.4 is 16.7 Å². The molecule has 1 unspecified atom stereocenters. The summed E-state index contributed by atoms with van der Waals surface area (Å²) in [6.45, 7) is 6.42. The molecule has 0 amide bonds. The lowest BCUT2D eigenvalue weighted by atomic mass is 9.51. The van der Waals surface area contributed by atoms with E-state index in [1.54, 1.807) is 10.8 Å². The fourth-order valence-electron chi connectivity index (χ4n) is 2.59. The Bertz CT molecular complexity index is 559. The summed E-state index contributed by atoms with van der Waals surface area (Å²) in [4.78, 5) is 26.5. The third-order valence-corrected chi connectivity index (χ3v) is 4.83. The Morgan fingerprint density at radius 3 is 2.57 bits per heavy atom. The highest BCUT2D eigenvalue weighted by Gasteiger charge is 2.25. The van der Waals surface area contributed by atoms with E-state index in [1.807, 2.05) is 0 Å². The van der Waals surface area contributed by atoms with Gasteiger partial charge in [0.2, 0.25) is 5.56 Å². The van der Waals surface area contributed by atoms with Gasteiger partial charge in [-0.1, -0.05) is 39.5 Å². The Hall–Kier alpha value is -0.460. The minimum absolute atomic E-state index is 0.213. The first-order valence-corrected chi connectivity index (χ1v) is 9.42.